The topological polar surface area (TPSA) is 130 Å². The van der Waals surface area contributed by atoms with Crippen LogP contribution >= 0.6 is 11.6 Å². The number of nitrogens with one attached hydrogen (secondary N) is 3. The van der Waals surface area contributed by atoms with Gasteiger partial charge in [0.15, 0.2) is 0 Å². The highest BCUT2D eigenvalue weighted by atomic mass is 35.5. The Labute approximate surface area is 169 Å². The molecule has 10 heteroatoms. The number of rotatable bonds is 10. The van der Waals surface area contributed by atoms with Gasteiger partial charge in [-0.15, -0.1) is 0 Å². The van der Waals surface area contributed by atoms with E-state index >= 15 is 0 Å². The van der Waals surface area contributed by atoms with Crippen LogP contribution in [0.15, 0.2) is 58.4 Å². The van der Waals surface area contributed by atoms with E-state index in [-0.39, 0.29) is 31.6 Å². The molecular weight excluding hydrogens is 382 g/mol. The molecule has 2 rings (SSSR count). The third-order valence-electron chi connectivity index (χ3n) is 3.85. The maximum absolute atomic E-state index is 12.1. The molecule has 1 aromatic carbocycles. The predicted octanol–water partition coefficient (Wildman–Crippen LogP) is 0.272. The normalized spacial score (nSPS) is 13.4. The number of benzene rings is 1. The Hall–Kier alpha value is -3.07. The van der Waals surface area contributed by atoms with E-state index in [2.05, 4.69) is 33.2 Å². The zero-order valence-electron chi connectivity index (χ0n) is 15.7. The van der Waals surface area contributed by atoms with Crippen LogP contribution < -0.4 is 27.4 Å². The highest BCUT2D eigenvalue weighted by Gasteiger charge is 2.18. The minimum absolute atomic E-state index is 0.121. The number of hydrogen-bond acceptors (Lipinski definition) is 6. The first-order chi connectivity index (χ1) is 13.5. The van der Waals surface area contributed by atoms with E-state index in [9.17, 15) is 4.79 Å². The summed E-state index contributed by atoms with van der Waals surface area (Å²) in [5.41, 5.74) is 12.3. The molecule has 0 bridgehead atoms. The van der Waals surface area contributed by atoms with Gasteiger partial charge in [-0.3, -0.25) is 4.79 Å². The van der Waals surface area contributed by atoms with E-state index in [1.165, 1.54) is 5.56 Å². The lowest BCUT2D eigenvalue weighted by Crippen LogP contribution is -2.40. The highest BCUT2D eigenvalue weighted by molar-refractivity contribution is 6.29. The molecule has 9 nitrogen and oxygen atoms in total. The molecule has 0 spiro atoms. The van der Waals surface area contributed by atoms with E-state index in [1.54, 1.807) is 4.90 Å². The average molecular weight is 408 g/mol. The Morgan fingerprint density at radius 3 is 2.75 bits per heavy atom. The summed E-state index contributed by atoms with van der Waals surface area (Å²) in [6, 6.07) is 10.2. The van der Waals surface area contributed by atoms with Crippen molar-refractivity contribution in [3.05, 3.63) is 58.8 Å². The van der Waals surface area contributed by atoms with Crippen molar-refractivity contribution in [3.63, 3.8) is 0 Å². The molecule has 1 aromatic rings. The van der Waals surface area contributed by atoms with Gasteiger partial charge in [-0.05, 0) is 24.1 Å². The minimum Gasteiger partial charge on any atom is -0.391 e. The second kappa shape index (κ2) is 10.9. The van der Waals surface area contributed by atoms with Gasteiger partial charge in [-0.2, -0.15) is 0 Å². The second-order valence-electron chi connectivity index (χ2n) is 6.06. The average Bonchev–Trinajstić information content (AvgIpc) is 2.66. The van der Waals surface area contributed by atoms with Crippen LogP contribution in [0.5, 0.6) is 0 Å². The quantitative estimate of drug-likeness (QED) is 0.124. The lowest BCUT2D eigenvalue weighted by Gasteiger charge is -2.29. The van der Waals surface area contributed by atoms with Crippen LogP contribution in [0.3, 0.4) is 0 Å². The van der Waals surface area contributed by atoms with Gasteiger partial charge in [0.1, 0.15) is 24.1 Å². The van der Waals surface area contributed by atoms with Gasteiger partial charge < -0.3 is 37.2 Å². The number of allylic oxidation sites excluding steroid dienone is 1. The standard InChI is InChI=1S/C18H26ClN7O2/c1-13-17(19)24-15(22-8-7-14-5-3-2-4-6-14)11-26(13)12-16(27)23-9-10-28-25-18(20)21/h2-6,11,22,24H,7-10,12H2,1H3,(H,23,27)(H4,20,21,25). The largest absolute Gasteiger partial charge is 0.391 e. The van der Waals surface area contributed by atoms with Crippen molar-refractivity contribution >= 4 is 23.5 Å². The Bertz CT molecular complexity index is 746. The third-order valence-corrected chi connectivity index (χ3v) is 4.22. The summed E-state index contributed by atoms with van der Waals surface area (Å²) in [5, 5.41) is 13.0. The van der Waals surface area contributed by atoms with Crippen molar-refractivity contribution in [1.82, 2.24) is 20.9 Å². The summed E-state index contributed by atoms with van der Waals surface area (Å²) in [6.07, 6.45) is 2.69. The predicted molar refractivity (Wildman–Crippen MR) is 109 cm³/mol. The molecular formula is C18H26ClN7O2. The molecule has 0 aliphatic carbocycles. The van der Waals surface area contributed by atoms with Gasteiger partial charge in [0.2, 0.25) is 11.9 Å². The van der Waals surface area contributed by atoms with Crippen molar-refractivity contribution in [2.24, 2.45) is 16.6 Å². The number of carbonyl (C=O) groups is 1. The first-order valence-electron chi connectivity index (χ1n) is 8.83. The lowest BCUT2D eigenvalue weighted by atomic mass is 10.1. The number of oxime groups is 1. The molecule has 1 aliphatic heterocycles. The van der Waals surface area contributed by atoms with E-state index < -0.39 is 0 Å². The monoisotopic (exact) mass is 407 g/mol. The summed E-state index contributed by atoms with van der Waals surface area (Å²) in [5.74, 6) is 0.384. The zero-order chi connectivity index (χ0) is 20.4. The summed E-state index contributed by atoms with van der Waals surface area (Å²) in [7, 11) is 0. The van der Waals surface area contributed by atoms with Crippen LogP contribution in [0.2, 0.25) is 0 Å². The number of halogens is 1. The van der Waals surface area contributed by atoms with Crippen molar-refractivity contribution in [3.8, 4) is 0 Å². The smallest absolute Gasteiger partial charge is 0.240 e. The maximum atomic E-state index is 12.1. The summed E-state index contributed by atoms with van der Waals surface area (Å²) < 4.78 is 0. The summed E-state index contributed by atoms with van der Waals surface area (Å²) in [6.45, 7) is 3.14. The van der Waals surface area contributed by atoms with Gasteiger partial charge in [0.05, 0.1) is 12.2 Å². The van der Waals surface area contributed by atoms with Crippen LogP contribution in [-0.2, 0) is 16.1 Å². The molecule has 0 unspecified atom stereocenters. The third kappa shape index (κ3) is 7.28. The number of nitrogens with two attached hydrogens (primary N) is 2. The second-order valence-corrected chi connectivity index (χ2v) is 6.43. The number of guanidine groups is 1. The molecule has 0 saturated heterocycles. The van der Waals surface area contributed by atoms with Gasteiger partial charge in [0, 0.05) is 12.7 Å². The molecule has 0 atom stereocenters. The van der Waals surface area contributed by atoms with Crippen molar-refractivity contribution in [1.29, 1.82) is 0 Å². The molecule has 1 heterocycles. The number of amides is 1. The van der Waals surface area contributed by atoms with Crippen molar-refractivity contribution in [2.45, 2.75) is 13.3 Å². The Balaban J connectivity index is 1.81. The first kappa shape index (κ1) is 21.2. The fourth-order valence-corrected chi connectivity index (χ4v) is 2.64. The molecule has 0 radical (unpaired) electrons. The number of hydrogen-bond donors (Lipinski definition) is 5. The van der Waals surface area contributed by atoms with E-state index in [0.717, 1.165) is 24.5 Å². The molecule has 152 valence electrons. The lowest BCUT2D eigenvalue weighted by molar-refractivity contribution is -0.121. The van der Waals surface area contributed by atoms with Crippen LogP contribution in [0, 0.1) is 0 Å². The van der Waals surface area contributed by atoms with Crippen LogP contribution in [-0.4, -0.2) is 43.0 Å². The molecule has 0 fully saturated rings. The first-order valence-corrected chi connectivity index (χ1v) is 9.20. The van der Waals surface area contributed by atoms with E-state index in [1.807, 2.05) is 31.3 Å². The minimum atomic E-state index is -0.182. The van der Waals surface area contributed by atoms with Crippen molar-refractivity contribution in [2.75, 3.05) is 26.2 Å². The Kier molecular flexibility index (Phi) is 8.29. The molecule has 0 saturated carbocycles. The molecule has 28 heavy (non-hydrogen) atoms. The van der Waals surface area contributed by atoms with Gasteiger partial charge in [-0.1, -0.05) is 41.9 Å². The fraction of sp³-hybridized carbons (Fsp3) is 0.333. The van der Waals surface area contributed by atoms with Gasteiger partial charge in [-0.25, -0.2) is 0 Å². The summed E-state index contributed by atoms with van der Waals surface area (Å²) in [4.78, 5) is 18.7. The number of carbonyl (C=O) groups excluding carboxylic acids is 1. The highest BCUT2D eigenvalue weighted by Crippen LogP contribution is 2.18. The van der Waals surface area contributed by atoms with E-state index in [4.69, 9.17) is 27.9 Å². The van der Waals surface area contributed by atoms with Crippen molar-refractivity contribution < 1.29 is 9.63 Å². The Morgan fingerprint density at radius 1 is 1.29 bits per heavy atom. The molecule has 7 N–H and O–H groups in total. The van der Waals surface area contributed by atoms with Crippen LogP contribution in [0.4, 0.5) is 0 Å². The molecule has 1 aliphatic rings. The molecule has 1 amide bonds. The zero-order valence-corrected chi connectivity index (χ0v) is 16.5. The SMILES string of the molecule is CC1=C(Cl)NC(NCCc2ccccc2)=CN1CC(=O)NCCON=C(N)N. The van der Waals surface area contributed by atoms with E-state index in [0.29, 0.717) is 5.16 Å². The summed E-state index contributed by atoms with van der Waals surface area (Å²) >= 11 is 6.27. The maximum Gasteiger partial charge on any atom is 0.240 e. The molecule has 0 aromatic heterocycles. The van der Waals surface area contributed by atoms with Gasteiger partial charge >= 0.3 is 0 Å². The van der Waals surface area contributed by atoms with Crippen LogP contribution in [0.1, 0.15) is 12.5 Å². The van der Waals surface area contributed by atoms with Crippen LogP contribution in [0.25, 0.3) is 0 Å². The van der Waals surface area contributed by atoms with Gasteiger partial charge in [0.25, 0.3) is 0 Å². The fourth-order valence-electron chi connectivity index (χ4n) is 2.43. The number of nitrogens with zero attached hydrogens (tertiary/aromatic N) is 2. The Morgan fingerprint density at radius 2 is 2.04 bits per heavy atom.